The largest absolute Gasteiger partial charge is 0.479 e. The highest BCUT2D eigenvalue weighted by Crippen LogP contribution is 2.21. The molecule has 2 atom stereocenters. The van der Waals surface area contributed by atoms with Crippen LogP contribution in [0, 0.1) is 5.92 Å². The standard InChI is InChI=1S/C11H21NO3/c1-3-12-7-5-6-9(8-12)10(11(13)14)15-4-2/h9-10H,3-8H2,1-2H3,(H,13,14). The number of rotatable bonds is 5. The molecule has 1 fully saturated rings. The van der Waals surface area contributed by atoms with E-state index in [-0.39, 0.29) is 5.92 Å². The fraction of sp³-hybridized carbons (Fsp3) is 0.909. The maximum Gasteiger partial charge on any atom is 0.333 e. The van der Waals surface area contributed by atoms with Crippen molar-refractivity contribution >= 4 is 5.97 Å². The lowest BCUT2D eigenvalue weighted by molar-refractivity contribution is -0.155. The molecule has 0 spiro atoms. The normalized spacial score (nSPS) is 25.1. The molecule has 0 radical (unpaired) electrons. The molecule has 4 heteroatoms. The van der Waals surface area contributed by atoms with Crippen molar-refractivity contribution in [3.63, 3.8) is 0 Å². The van der Waals surface area contributed by atoms with Gasteiger partial charge in [-0.2, -0.15) is 0 Å². The maximum atomic E-state index is 11.0. The van der Waals surface area contributed by atoms with Crippen molar-refractivity contribution in [2.75, 3.05) is 26.2 Å². The predicted octanol–water partition coefficient (Wildman–Crippen LogP) is 1.21. The number of carbonyl (C=O) groups is 1. The summed E-state index contributed by atoms with van der Waals surface area (Å²) in [5, 5.41) is 9.07. The number of hydrogen-bond acceptors (Lipinski definition) is 3. The van der Waals surface area contributed by atoms with Gasteiger partial charge in [0, 0.05) is 19.1 Å². The molecule has 1 rings (SSSR count). The van der Waals surface area contributed by atoms with Gasteiger partial charge in [-0.25, -0.2) is 4.79 Å². The minimum atomic E-state index is -0.820. The third-order valence-electron chi connectivity index (χ3n) is 3.01. The average molecular weight is 215 g/mol. The van der Waals surface area contributed by atoms with E-state index in [1.807, 2.05) is 6.92 Å². The van der Waals surface area contributed by atoms with Gasteiger partial charge in [0.25, 0.3) is 0 Å². The highest BCUT2D eigenvalue weighted by atomic mass is 16.5. The average Bonchev–Trinajstić information content (AvgIpc) is 2.25. The number of ether oxygens (including phenoxy) is 1. The first kappa shape index (κ1) is 12.5. The van der Waals surface area contributed by atoms with Crippen LogP contribution in [0.1, 0.15) is 26.7 Å². The third-order valence-corrected chi connectivity index (χ3v) is 3.01. The van der Waals surface area contributed by atoms with Gasteiger partial charge in [0.1, 0.15) is 0 Å². The minimum Gasteiger partial charge on any atom is -0.479 e. The first-order valence-corrected chi connectivity index (χ1v) is 5.75. The Kier molecular flexibility index (Phi) is 5.05. The number of carboxylic acids is 1. The van der Waals surface area contributed by atoms with Gasteiger partial charge in [0.15, 0.2) is 6.10 Å². The molecule has 15 heavy (non-hydrogen) atoms. The quantitative estimate of drug-likeness (QED) is 0.749. The SMILES string of the molecule is CCOC(C(=O)O)C1CCCN(CC)C1. The van der Waals surface area contributed by atoms with Crippen molar-refractivity contribution in [1.29, 1.82) is 0 Å². The number of piperidine rings is 1. The van der Waals surface area contributed by atoms with E-state index in [9.17, 15) is 4.79 Å². The molecular formula is C11H21NO3. The number of aliphatic carboxylic acids is 1. The first-order chi connectivity index (χ1) is 7.19. The summed E-state index contributed by atoms with van der Waals surface area (Å²) in [6.07, 6.45) is 1.42. The van der Waals surface area contributed by atoms with E-state index < -0.39 is 12.1 Å². The van der Waals surface area contributed by atoms with E-state index >= 15 is 0 Å². The Balaban J connectivity index is 2.54. The van der Waals surface area contributed by atoms with Crippen LogP contribution >= 0.6 is 0 Å². The van der Waals surface area contributed by atoms with E-state index in [0.29, 0.717) is 6.61 Å². The maximum absolute atomic E-state index is 11.0. The molecular weight excluding hydrogens is 194 g/mol. The van der Waals surface area contributed by atoms with E-state index in [4.69, 9.17) is 9.84 Å². The Morgan fingerprint density at radius 2 is 2.33 bits per heavy atom. The molecule has 2 unspecified atom stereocenters. The molecule has 0 saturated carbocycles. The molecule has 0 bridgehead atoms. The Morgan fingerprint density at radius 3 is 2.87 bits per heavy atom. The molecule has 0 aromatic carbocycles. The second-order valence-electron chi connectivity index (χ2n) is 4.01. The number of carboxylic acid groups (broad SMARTS) is 1. The van der Waals surface area contributed by atoms with Crippen LogP contribution in [0.5, 0.6) is 0 Å². The lowest BCUT2D eigenvalue weighted by atomic mass is 9.92. The highest BCUT2D eigenvalue weighted by Gasteiger charge is 2.31. The number of nitrogens with zero attached hydrogens (tertiary/aromatic N) is 1. The monoisotopic (exact) mass is 215 g/mol. The van der Waals surface area contributed by atoms with Gasteiger partial charge in [0.05, 0.1) is 0 Å². The van der Waals surface area contributed by atoms with Crippen LogP contribution in [0.15, 0.2) is 0 Å². The molecule has 1 saturated heterocycles. The summed E-state index contributed by atoms with van der Waals surface area (Å²) in [5.41, 5.74) is 0. The van der Waals surface area contributed by atoms with Gasteiger partial charge in [0.2, 0.25) is 0 Å². The summed E-state index contributed by atoms with van der Waals surface area (Å²) in [6, 6.07) is 0. The lowest BCUT2D eigenvalue weighted by Gasteiger charge is -2.34. The van der Waals surface area contributed by atoms with Gasteiger partial charge in [-0.1, -0.05) is 6.92 Å². The first-order valence-electron chi connectivity index (χ1n) is 5.75. The van der Waals surface area contributed by atoms with Gasteiger partial charge in [-0.05, 0) is 32.9 Å². The zero-order valence-corrected chi connectivity index (χ0v) is 9.61. The van der Waals surface area contributed by atoms with Crippen LogP contribution in [0.2, 0.25) is 0 Å². The summed E-state index contributed by atoms with van der Waals surface area (Å²) >= 11 is 0. The molecule has 1 aliphatic rings. The Labute approximate surface area is 91.2 Å². The van der Waals surface area contributed by atoms with E-state index in [0.717, 1.165) is 32.5 Å². The van der Waals surface area contributed by atoms with Crippen molar-refractivity contribution in [3.8, 4) is 0 Å². The zero-order chi connectivity index (χ0) is 11.3. The fourth-order valence-corrected chi connectivity index (χ4v) is 2.21. The molecule has 1 heterocycles. The van der Waals surface area contributed by atoms with Crippen molar-refractivity contribution in [2.45, 2.75) is 32.8 Å². The van der Waals surface area contributed by atoms with E-state index in [1.54, 1.807) is 0 Å². The predicted molar refractivity (Wildman–Crippen MR) is 57.9 cm³/mol. The smallest absolute Gasteiger partial charge is 0.333 e. The molecule has 4 nitrogen and oxygen atoms in total. The minimum absolute atomic E-state index is 0.149. The summed E-state index contributed by atoms with van der Waals surface area (Å²) in [4.78, 5) is 13.3. The summed E-state index contributed by atoms with van der Waals surface area (Å²) in [5.74, 6) is -0.670. The van der Waals surface area contributed by atoms with Crippen LogP contribution in [0.25, 0.3) is 0 Å². The van der Waals surface area contributed by atoms with Crippen LogP contribution in [0.3, 0.4) is 0 Å². The number of likely N-dealkylation sites (tertiary alicyclic amines) is 1. The van der Waals surface area contributed by atoms with E-state index in [2.05, 4.69) is 11.8 Å². The highest BCUT2D eigenvalue weighted by molar-refractivity contribution is 5.72. The zero-order valence-electron chi connectivity index (χ0n) is 9.61. The summed E-state index contributed by atoms with van der Waals surface area (Å²) in [6.45, 7) is 7.36. The van der Waals surface area contributed by atoms with Crippen molar-refractivity contribution in [2.24, 2.45) is 5.92 Å². The molecule has 88 valence electrons. The van der Waals surface area contributed by atoms with Crippen molar-refractivity contribution in [1.82, 2.24) is 4.90 Å². The van der Waals surface area contributed by atoms with Gasteiger partial charge in [-0.3, -0.25) is 0 Å². The second kappa shape index (κ2) is 6.08. The topological polar surface area (TPSA) is 49.8 Å². The molecule has 1 aliphatic heterocycles. The molecule has 0 aromatic rings. The molecule has 0 amide bonds. The third kappa shape index (κ3) is 3.47. The van der Waals surface area contributed by atoms with E-state index in [1.165, 1.54) is 0 Å². The lowest BCUT2D eigenvalue weighted by Crippen LogP contribution is -2.44. The fourth-order valence-electron chi connectivity index (χ4n) is 2.21. The Hall–Kier alpha value is -0.610. The second-order valence-corrected chi connectivity index (χ2v) is 4.01. The van der Waals surface area contributed by atoms with Crippen molar-refractivity contribution in [3.05, 3.63) is 0 Å². The number of hydrogen-bond donors (Lipinski definition) is 1. The van der Waals surface area contributed by atoms with Crippen LogP contribution in [-0.2, 0) is 9.53 Å². The Bertz CT molecular complexity index is 208. The Morgan fingerprint density at radius 1 is 1.60 bits per heavy atom. The van der Waals surface area contributed by atoms with Crippen LogP contribution in [-0.4, -0.2) is 48.3 Å². The van der Waals surface area contributed by atoms with Gasteiger partial charge in [-0.15, -0.1) is 0 Å². The summed E-state index contributed by atoms with van der Waals surface area (Å²) < 4.78 is 5.31. The molecule has 0 aliphatic carbocycles. The molecule has 0 aromatic heterocycles. The van der Waals surface area contributed by atoms with Crippen LogP contribution < -0.4 is 0 Å². The van der Waals surface area contributed by atoms with Crippen LogP contribution in [0.4, 0.5) is 0 Å². The van der Waals surface area contributed by atoms with Gasteiger partial charge < -0.3 is 14.7 Å². The van der Waals surface area contributed by atoms with Gasteiger partial charge >= 0.3 is 5.97 Å². The van der Waals surface area contributed by atoms with Crippen molar-refractivity contribution < 1.29 is 14.6 Å². The molecule has 1 N–H and O–H groups in total. The summed E-state index contributed by atoms with van der Waals surface area (Å²) in [7, 11) is 0.